The van der Waals surface area contributed by atoms with E-state index in [-0.39, 0.29) is 43.2 Å². The van der Waals surface area contributed by atoms with Crippen molar-refractivity contribution in [1.29, 1.82) is 0 Å². The van der Waals surface area contributed by atoms with Crippen LogP contribution in [0.25, 0.3) is 10.8 Å². The summed E-state index contributed by atoms with van der Waals surface area (Å²) in [6.07, 6.45) is 0.544. The Hall–Kier alpha value is -3.22. The molecule has 2 aromatic carbocycles. The summed E-state index contributed by atoms with van der Waals surface area (Å²) in [5, 5.41) is 1.55. The molecular formula is C23H26N2O5. The fraction of sp³-hybridized carbons (Fsp3) is 0.391. The van der Waals surface area contributed by atoms with Gasteiger partial charge < -0.3 is 9.64 Å². The molecule has 0 saturated heterocycles. The van der Waals surface area contributed by atoms with Gasteiger partial charge in [-0.2, -0.15) is 0 Å². The predicted molar refractivity (Wildman–Crippen MR) is 112 cm³/mol. The van der Waals surface area contributed by atoms with E-state index in [0.717, 1.165) is 5.39 Å². The molecule has 0 aliphatic carbocycles. The third kappa shape index (κ3) is 4.06. The standard InChI is InChI=1S/C23H26N2O5/c1-4-24(14-15(2)23(29)30-3)19(26)12-7-13-25-21(27)17-10-5-8-16-9-6-11-18(20(16)17)22(25)28/h5-6,8-11,15H,4,7,12-14H2,1-3H3. The summed E-state index contributed by atoms with van der Waals surface area (Å²) >= 11 is 0. The first-order valence-corrected chi connectivity index (χ1v) is 10.1. The Morgan fingerprint density at radius 3 is 2.20 bits per heavy atom. The van der Waals surface area contributed by atoms with E-state index in [4.69, 9.17) is 4.74 Å². The van der Waals surface area contributed by atoms with Crippen LogP contribution in [0.3, 0.4) is 0 Å². The van der Waals surface area contributed by atoms with Gasteiger partial charge in [-0.3, -0.25) is 24.1 Å². The molecular weight excluding hydrogens is 384 g/mol. The summed E-state index contributed by atoms with van der Waals surface area (Å²) in [6, 6.07) is 10.8. The number of ether oxygens (including phenoxy) is 1. The molecule has 0 aromatic heterocycles. The Morgan fingerprint density at radius 2 is 1.67 bits per heavy atom. The van der Waals surface area contributed by atoms with Crippen molar-refractivity contribution < 1.29 is 23.9 Å². The molecule has 1 atom stereocenters. The SMILES string of the molecule is CCN(CC(C)C(=O)OC)C(=O)CCCN1C(=O)c2cccc3cccc(c23)C1=O. The van der Waals surface area contributed by atoms with E-state index >= 15 is 0 Å². The van der Waals surface area contributed by atoms with Gasteiger partial charge in [0.15, 0.2) is 0 Å². The Kier molecular flexibility index (Phi) is 6.50. The summed E-state index contributed by atoms with van der Waals surface area (Å²) in [5.74, 6) is -1.56. The van der Waals surface area contributed by atoms with Crippen LogP contribution in [0.15, 0.2) is 36.4 Å². The van der Waals surface area contributed by atoms with Crippen LogP contribution in [0.5, 0.6) is 0 Å². The Morgan fingerprint density at radius 1 is 1.07 bits per heavy atom. The van der Waals surface area contributed by atoms with Crippen LogP contribution in [0.2, 0.25) is 0 Å². The summed E-state index contributed by atoms with van der Waals surface area (Å²) < 4.78 is 4.72. The maximum Gasteiger partial charge on any atom is 0.310 e. The second-order valence-corrected chi connectivity index (χ2v) is 7.43. The minimum atomic E-state index is -0.416. The van der Waals surface area contributed by atoms with E-state index in [9.17, 15) is 19.2 Å². The predicted octanol–water partition coefficient (Wildman–Crippen LogP) is 2.87. The van der Waals surface area contributed by atoms with Crippen molar-refractivity contribution in [3.05, 3.63) is 47.5 Å². The topological polar surface area (TPSA) is 84.0 Å². The zero-order chi connectivity index (χ0) is 21.8. The van der Waals surface area contributed by atoms with Gasteiger partial charge in [0.2, 0.25) is 5.91 Å². The van der Waals surface area contributed by atoms with Crippen LogP contribution in [0.4, 0.5) is 0 Å². The molecule has 0 spiro atoms. The smallest absolute Gasteiger partial charge is 0.310 e. The van der Waals surface area contributed by atoms with Gasteiger partial charge in [0, 0.05) is 42.6 Å². The second kappa shape index (κ2) is 9.07. The van der Waals surface area contributed by atoms with Gasteiger partial charge in [-0.15, -0.1) is 0 Å². The number of amides is 3. The van der Waals surface area contributed by atoms with Gasteiger partial charge in [-0.25, -0.2) is 0 Å². The number of benzene rings is 2. The highest BCUT2D eigenvalue weighted by Crippen LogP contribution is 2.30. The normalized spacial score (nSPS) is 14.0. The number of carbonyl (C=O) groups excluding carboxylic acids is 4. The molecule has 3 amide bonds. The van der Waals surface area contributed by atoms with Crippen LogP contribution in [0.1, 0.15) is 47.4 Å². The highest BCUT2D eigenvalue weighted by molar-refractivity contribution is 6.25. The highest BCUT2D eigenvalue weighted by Gasteiger charge is 2.32. The number of methoxy groups -OCH3 is 1. The average molecular weight is 410 g/mol. The minimum Gasteiger partial charge on any atom is -0.469 e. The number of esters is 1. The lowest BCUT2D eigenvalue weighted by Crippen LogP contribution is -2.41. The van der Waals surface area contributed by atoms with Gasteiger partial charge in [0.25, 0.3) is 11.8 Å². The van der Waals surface area contributed by atoms with Gasteiger partial charge >= 0.3 is 5.97 Å². The molecule has 3 rings (SSSR count). The third-order valence-electron chi connectivity index (χ3n) is 5.46. The molecule has 0 N–H and O–H groups in total. The molecule has 0 fully saturated rings. The quantitative estimate of drug-likeness (QED) is 0.494. The van der Waals surface area contributed by atoms with Gasteiger partial charge in [0.05, 0.1) is 13.0 Å². The average Bonchev–Trinajstić information content (AvgIpc) is 2.76. The molecule has 1 aliphatic heterocycles. The van der Waals surface area contributed by atoms with E-state index in [1.807, 2.05) is 19.1 Å². The van der Waals surface area contributed by atoms with E-state index < -0.39 is 5.92 Å². The number of nitrogens with zero attached hydrogens (tertiary/aromatic N) is 2. The molecule has 30 heavy (non-hydrogen) atoms. The molecule has 158 valence electrons. The lowest BCUT2D eigenvalue weighted by molar-refractivity contribution is -0.146. The molecule has 7 heteroatoms. The lowest BCUT2D eigenvalue weighted by atomic mass is 9.94. The molecule has 1 heterocycles. The van der Waals surface area contributed by atoms with Gasteiger partial charge in [-0.1, -0.05) is 31.2 Å². The largest absolute Gasteiger partial charge is 0.469 e. The molecule has 1 unspecified atom stereocenters. The van der Waals surface area contributed by atoms with Crippen molar-refractivity contribution in [2.24, 2.45) is 5.92 Å². The van der Waals surface area contributed by atoms with Crippen molar-refractivity contribution in [3.63, 3.8) is 0 Å². The van der Waals surface area contributed by atoms with Crippen LogP contribution >= 0.6 is 0 Å². The third-order valence-corrected chi connectivity index (χ3v) is 5.46. The maximum absolute atomic E-state index is 12.9. The summed E-state index contributed by atoms with van der Waals surface area (Å²) in [4.78, 5) is 52.8. The molecule has 0 saturated carbocycles. The van der Waals surface area contributed by atoms with Gasteiger partial charge in [0.1, 0.15) is 0 Å². The number of rotatable bonds is 8. The van der Waals surface area contributed by atoms with Crippen LogP contribution in [0, 0.1) is 5.92 Å². The van der Waals surface area contributed by atoms with E-state index in [0.29, 0.717) is 29.5 Å². The van der Waals surface area contributed by atoms with E-state index in [1.54, 1.807) is 36.1 Å². The zero-order valence-corrected chi connectivity index (χ0v) is 17.5. The Labute approximate surface area is 175 Å². The monoisotopic (exact) mass is 410 g/mol. The van der Waals surface area contributed by atoms with Crippen molar-refractivity contribution in [1.82, 2.24) is 9.80 Å². The molecule has 0 radical (unpaired) electrons. The van der Waals surface area contributed by atoms with E-state index in [1.165, 1.54) is 12.0 Å². The number of hydrogen-bond acceptors (Lipinski definition) is 5. The van der Waals surface area contributed by atoms with Crippen LogP contribution in [-0.4, -0.2) is 60.2 Å². The first-order chi connectivity index (χ1) is 14.4. The first kappa shape index (κ1) is 21.5. The summed E-state index contributed by atoms with van der Waals surface area (Å²) in [5.41, 5.74) is 1.02. The Bertz CT molecular complexity index is 950. The number of imide groups is 1. The van der Waals surface area contributed by atoms with Crippen molar-refractivity contribution in [2.75, 3.05) is 26.7 Å². The number of carbonyl (C=O) groups is 4. The maximum atomic E-state index is 12.9. The van der Waals surface area contributed by atoms with Crippen LogP contribution < -0.4 is 0 Å². The number of hydrogen-bond donors (Lipinski definition) is 0. The first-order valence-electron chi connectivity index (χ1n) is 10.1. The van der Waals surface area contributed by atoms with Crippen molar-refractivity contribution in [3.8, 4) is 0 Å². The molecule has 0 bridgehead atoms. The molecule has 7 nitrogen and oxygen atoms in total. The highest BCUT2D eigenvalue weighted by atomic mass is 16.5. The lowest BCUT2D eigenvalue weighted by Gasteiger charge is -2.28. The fourth-order valence-electron chi connectivity index (χ4n) is 3.84. The van der Waals surface area contributed by atoms with Crippen molar-refractivity contribution in [2.45, 2.75) is 26.7 Å². The molecule has 2 aromatic rings. The van der Waals surface area contributed by atoms with Crippen LogP contribution in [-0.2, 0) is 14.3 Å². The Balaban J connectivity index is 1.65. The van der Waals surface area contributed by atoms with Crippen molar-refractivity contribution >= 4 is 34.5 Å². The minimum absolute atomic E-state index is 0.118. The zero-order valence-electron chi connectivity index (χ0n) is 17.5. The fourth-order valence-corrected chi connectivity index (χ4v) is 3.84. The summed E-state index contributed by atoms with van der Waals surface area (Å²) in [7, 11) is 1.32. The second-order valence-electron chi connectivity index (χ2n) is 7.43. The molecule has 1 aliphatic rings. The van der Waals surface area contributed by atoms with E-state index in [2.05, 4.69) is 0 Å². The van der Waals surface area contributed by atoms with Gasteiger partial charge in [-0.05, 0) is 30.9 Å². The summed E-state index contributed by atoms with van der Waals surface area (Å²) in [6.45, 7) is 4.47.